The van der Waals surface area contributed by atoms with Gasteiger partial charge in [-0.05, 0) is 85.1 Å². The molecule has 7 atom stereocenters. The smallest absolute Gasteiger partial charge is 0.318 e. The monoisotopic (exact) mass is 1340 g/mol. The summed E-state index contributed by atoms with van der Waals surface area (Å²) in [7, 11) is 3.48. The molecule has 0 unspecified atom stereocenters. The second-order valence-corrected chi connectivity index (χ2v) is 26.5. The van der Waals surface area contributed by atoms with Gasteiger partial charge in [-0.2, -0.15) is 20.5 Å². The molecule has 5 aromatic carbocycles. The number of hydrogen-bond donors (Lipinski definition) is 2. The van der Waals surface area contributed by atoms with Crippen molar-refractivity contribution < 1.29 is 51.6 Å². The van der Waals surface area contributed by atoms with Crippen LogP contribution in [0.3, 0.4) is 0 Å². The first-order valence-corrected chi connectivity index (χ1v) is 33.0. The first kappa shape index (κ1) is 70.0. The molecule has 6 aromatic rings. The van der Waals surface area contributed by atoms with Crippen LogP contribution in [-0.2, 0) is 53.3 Å². The Kier molecular flexibility index (Phi) is 23.4. The summed E-state index contributed by atoms with van der Waals surface area (Å²) in [4.78, 5) is 59.5. The van der Waals surface area contributed by atoms with E-state index in [9.17, 15) is 24.9 Å². The first-order chi connectivity index (χ1) is 45.8. The average molecular weight is 1340 g/mol. The number of carbonyl (C=O) groups is 3. The Labute approximate surface area is 564 Å². The number of rotatable bonds is 28. The lowest BCUT2D eigenvalue weighted by molar-refractivity contribution is -0.128. The van der Waals surface area contributed by atoms with Gasteiger partial charge in [0.2, 0.25) is 5.91 Å². The molecule has 4 aliphatic rings. The van der Waals surface area contributed by atoms with E-state index in [2.05, 4.69) is 87.5 Å². The molecule has 4 aliphatic heterocycles. The fourth-order valence-corrected chi connectivity index (χ4v) is 14.1. The number of nitrogens with zero attached hydrogens (tertiary/aromatic N) is 8. The molecule has 0 saturated carbocycles. The van der Waals surface area contributed by atoms with Crippen LogP contribution < -0.4 is 29.9 Å². The van der Waals surface area contributed by atoms with Gasteiger partial charge >= 0.3 is 6.01 Å². The average Bonchev–Trinajstić information content (AvgIpc) is 1.58. The Morgan fingerprint density at radius 1 is 0.863 bits per heavy atom. The summed E-state index contributed by atoms with van der Waals surface area (Å²) in [5, 5.41) is 29.4. The predicted octanol–water partition coefficient (Wildman–Crippen LogP) is 9.98. The van der Waals surface area contributed by atoms with E-state index in [1.807, 2.05) is 26.8 Å². The van der Waals surface area contributed by atoms with Crippen molar-refractivity contribution in [2.75, 3.05) is 116 Å². The van der Waals surface area contributed by atoms with Gasteiger partial charge < -0.3 is 53.8 Å². The van der Waals surface area contributed by atoms with E-state index in [1.54, 1.807) is 17.0 Å². The molecule has 10 rings (SSSR count). The Morgan fingerprint density at radius 3 is 2.35 bits per heavy atom. The number of Topliss-reactive ketones (excluding diaryl/α,β-unsaturated/α-hetero) is 1. The topological polar surface area (TPSA) is 217 Å². The summed E-state index contributed by atoms with van der Waals surface area (Å²) in [6.45, 7) is 16.0. The van der Waals surface area contributed by atoms with Gasteiger partial charge in [0.1, 0.15) is 35.2 Å². The second-order valence-electron chi connectivity index (χ2n) is 25.7. The zero-order valence-electron chi connectivity index (χ0n) is 54.4. The highest BCUT2D eigenvalue weighted by Gasteiger charge is 2.61. The van der Waals surface area contributed by atoms with Crippen LogP contribution in [0.2, 0.25) is 10.0 Å². The number of aromatic nitrogens is 2. The largest absolute Gasteiger partial charge is 0.496 e. The van der Waals surface area contributed by atoms with E-state index in [4.69, 9.17) is 61.6 Å². The fourth-order valence-electron chi connectivity index (χ4n) is 13.7. The maximum Gasteiger partial charge on any atom is 0.318 e. The van der Waals surface area contributed by atoms with Crippen molar-refractivity contribution in [3.63, 3.8) is 0 Å². The third-order valence-corrected chi connectivity index (χ3v) is 18.8. The zero-order valence-corrected chi connectivity index (χ0v) is 55.9. The lowest BCUT2D eigenvalue weighted by atomic mass is 9.62. The van der Waals surface area contributed by atoms with Crippen molar-refractivity contribution in [2.24, 2.45) is 5.41 Å². The summed E-state index contributed by atoms with van der Waals surface area (Å²) in [5.74, 6) is -2.74. The molecule has 502 valence electrons. The molecule has 0 radical (unpaired) electrons. The number of piperazine rings is 1. The van der Waals surface area contributed by atoms with Crippen LogP contribution >= 0.6 is 23.2 Å². The number of likely N-dealkylation sites (tertiary alicyclic amines) is 1. The Balaban J connectivity index is 0.644. The van der Waals surface area contributed by atoms with Gasteiger partial charge in [0.15, 0.2) is 5.78 Å². The molecule has 19 nitrogen and oxygen atoms in total. The third kappa shape index (κ3) is 16.4. The molecule has 3 fully saturated rings. The highest BCUT2D eigenvalue weighted by molar-refractivity contribution is 6.31. The predicted molar refractivity (Wildman–Crippen MR) is 359 cm³/mol. The van der Waals surface area contributed by atoms with Crippen molar-refractivity contribution in [3.8, 4) is 23.9 Å². The number of amides is 2. The summed E-state index contributed by atoms with van der Waals surface area (Å²) in [6, 6.07) is 30.5. The third-order valence-electron chi connectivity index (χ3n) is 18.3. The number of fused-ring (bicyclic) bond motifs is 2. The molecule has 23 heteroatoms. The lowest BCUT2D eigenvalue weighted by Crippen LogP contribution is -2.55. The van der Waals surface area contributed by atoms with Crippen molar-refractivity contribution in [1.82, 2.24) is 30.4 Å². The highest BCUT2D eigenvalue weighted by Crippen LogP contribution is 2.53. The van der Waals surface area contributed by atoms with E-state index >= 15 is 8.78 Å². The maximum absolute atomic E-state index is 16.2. The van der Waals surface area contributed by atoms with Gasteiger partial charge in [-0.1, -0.05) is 111 Å². The van der Waals surface area contributed by atoms with E-state index in [0.717, 1.165) is 48.3 Å². The Bertz CT molecular complexity index is 3820. The standard InChI is InChI=1S/C72H82Cl2F2N10O9/c1-7-64(88)86-28-27-85(41-50(86)22-24-77)68-54-23-26-84(60-17-10-13-46-12-8-9-14-53(46)60)43-59(54)80-70(82-68)95-44-51-39-52(42-83(51)5)94-35-34-93-33-32-92-31-30-91-29-25-79-69(89)48-19-18-47(62(37-48)90-6)36-61(87)67-65(55-15-11-16-57(74)66(55)76)72(45-78,63(81-67)40-71(2,3)4)56-21-20-49(73)38-58(56)75/h7-21,37-38,50-52,63,65,67,81H,1,22-23,25-36,39-44H2,2-6H3,(H,79,89)/t50-,51-,52+,63-,65-,67-,72-/m0/s1. The Morgan fingerprint density at radius 2 is 1.61 bits per heavy atom. The summed E-state index contributed by atoms with van der Waals surface area (Å²) in [5.41, 5.74) is 1.58. The number of anilines is 2. The number of likely N-dealkylation sites (N-methyl/N-ethyl adjacent to an activating group) is 1. The molecule has 95 heavy (non-hydrogen) atoms. The number of methoxy groups -OCH3 is 1. The van der Waals surface area contributed by atoms with Crippen molar-refractivity contribution in [3.05, 3.63) is 165 Å². The van der Waals surface area contributed by atoms with Crippen molar-refractivity contribution in [1.29, 1.82) is 10.5 Å². The van der Waals surface area contributed by atoms with Crippen LogP contribution in [0, 0.1) is 39.7 Å². The molecular weight excluding hydrogens is 1260 g/mol. The minimum atomic E-state index is -1.78. The van der Waals surface area contributed by atoms with E-state index in [0.29, 0.717) is 96.8 Å². The molecule has 5 heterocycles. The number of ketones is 1. The van der Waals surface area contributed by atoms with Crippen LogP contribution in [0.4, 0.5) is 20.3 Å². The fraction of sp³-hybridized carbons (Fsp3) is 0.458. The van der Waals surface area contributed by atoms with Gasteiger partial charge in [0.05, 0.1) is 107 Å². The second kappa shape index (κ2) is 31.8. The van der Waals surface area contributed by atoms with Crippen LogP contribution in [0.25, 0.3) is 10.8 Å². The molecule has 2 N–H and O–H groups in total. The number of benzene rings is 5. The Hall–Kier alpha value is -7.83. The molecule has 3 saturated heterocycles. The van der Waals surface area contributed by atoms with Crippen LogP contribution in [0.1, 0.15) is 84.3 Å². The van der Waals surface area contributed by atoms with E-state index < -0.39 is 52.2 Å². The zero-order chi connectivity index (χ0) is 67.4. The van der Waals surface area contributed by atoms with E-state index in [1.165, 1.54) is 60.4 Å². The van der Waals surface area contributed by atoms with Gasteiger partial charge in [-0.3, -0.25) is 19.3 Å². The number of nitriles is 2. The SMILES string of the molecule is C=CC(=O)N1CCN(c2nc(OC[C@@H]3C[C@@H](OCCOCCOCCOCCNC(=O)c4ccc(CC(=O)[C@@H]5N[C@@H](CC(C)(C)C)[C@](C#N)(c6ccc(Cl)cc6F)[C@H]5c5cccc(Cl)c5F)c(OC)c4)CN3C)nc3c2CCN(c2cccc4ccccc24)C3)C[C@@H]1CC#N. The minimum absolute atomic E-state index is 0.00989. The van der Waals surface area contributed by atoms with Crippen molar-refractivity contribution in [2.45, 2.75) is 101 Å². The van der Waals surface area contributed by atoms with Gasteiger partial charge in [0, 0.05) is 102 Å². The van der Waals surface area contributed by atoms with Gasteiger partial charge in [-0.15, -0.1) is 0 Å². The summed E-state index contributed by atoms with van der Waals surface area (Å²) in [6.07, 6.45) is 3.03. The number of carbonyl (C=O) groups excluding carboxylic acids is 3. The van der Waals surface area contributed by atoms with Crippen LogP contribution in [-0.4, -0.2) is 174 Å². The molecular formula is C72H82Cl2F2N10O9. The molecule has 1 aromatic heterocycles. The maximum atomic E-state index is 16.2. The number of hydrogen-bond acceptors (Lipinski definition) is 17. The quantitative estimate of drug-likeness (QED) is 0.0345. The van der Waals surface area contributed by atoms with Crippen LogP contribution in [0.5, 0.6) is 11.8 Å². The summed E-state index contributed by atoms with van der Waals surface area (Å²) >= 11 is 12.5. The van der Waals surface area contributed by atoms with E-state index in [-0.39, 0.29) is 82.6 Å². The summed E-state index contributed by atoms with van der Waals surface area (Å²) < 4.78 is 68.1. The minimum Gasteiger partial charge on any atom is -0.496 e. The van der Waals surface area contributed by atoms with Crippen molar-refractivity contribution >= 4 is 63.1 Å². The molecule has 0 aliphatic carbocycles. The lowest BCUT2D eigenvalue weighted by Gasteiger charge is -2.42. The van der Waals surface area contributed by atoms with Gasteiger partial charge in [-0.25, -0.2) is 8.78 Å². The number of halogens is 4. The normalized spacial score (nSPS) is 21.3. The highest BCUT2D eigenvalue weighted by atomic mass is 35.5. The molecule has 0 spiro atoms. The number of ether oxygens (including phenoxy) is 6. The first-order valence-electron chi connectivity index (χ1n) is 32.2. The van der Waals surface area contributed by atoms with Gasteiger partial charge in [0.25, 0.3) is 5.91 Å². The number of nitrogens with one attached hydrogen (secondary N) is 2. The molecule has 0 bridgehead atoms. The van der Waals surface area contributed by atoms with Crippen LogP contribution in [0.15, 0.2) is 110 Å². The molecule has 2 amide bonds.